The number of aliphatic hydroxyl groups excluding tert-OH is 3. The van der Waals surface area contributed by atoms with E-state index in [1.165, 1.54) is 17.2 Å². The molecular weight excluding hydrogens is 352 g/mol. The molecule has 0 bridgehead atoms. The zero-order chi connectivity index (χ0) is 19.0. The minimum atomic E-state index is -1.21. The predicted octanol–water partition coefficient (Wildman–Crippen LogP) is -0.368. The standard InChI is InChI=1S/C17H20N6O4/c18-10-3-1-9(2-4-10)5-19-15-12-16(21-7-20-15)23(8-22-12)17-14(26)13(25)11(6-24)27-17/h1-4,7-8,11,13-14,17,24-26H,5-6,18H2,(H,19,20,21)/t11-,13-,14+,17-/m1/s1. The van der Waals surface area contributed by atoms with Crippen molar-refractivity contribution in [1.29, 1.82) is 0 Å². The molecule has 0 aliphatic carbocycles. The Kier molecular flexibility index (Phi) is 4.62. The molecule has 10 heteroatoms. The Hall–Kier alpha value is -2.79. The lowest BCUT2D eigenvalue weighted by molar-refractivity contribution is -0.0511. The van der Waals surface area contributed by atoms with Crippen LogP contribution >= 0.6 is 0 Å². The summed E-state index contributed by atoms with van der Waals surface area (Å²) in [6, 6.07) is 7.48. The van der Waals surface area contributed by atoms with E-state index >= 15 is 0 Å². The Bertz CT molecular complexity index is 931. The molecule has 0 spiro atoms. The first kappa shape index (κ1) is 17.6. The monoisotopic (exact) mass is 372 g/mol. The van der Waals surface area contributed by atoms with Gasteiger partial charge in [-0.05, 0) is 17.7 Å². The summed E-state index contributed by atoms with van der Waals surface area (Å²) < 4.78 is 7.07. The van der Waals surface area contributed by atoms with Gasteiger partial charge in [-0.25, -0.2) is 15.0 Å². The highest BCUT2D eigenvalue weighted by molar-refractivity contribution is 5.82. The number of hydrogen-bond acceptors (Lipinski definition) is 9. The number of nitrogens with two attached hydrogens (primary N) is 1. The topological polar surface area (TPSA) is 152 Å². The largest absolute Gasteiger partial charge is 0.399 e. The van der Waals surface area contributed by atoms with Crippen molar-refractivity contribution < 1.29 is 20.1 Å². The van der Waals surface area contributed by atoms with Crippen LogP contribution in [0.2, 0.25) is 0 Å². The maximum atomic E-state index is 10.2. The van der Waals surface area contributed by atoms with Gasteiger partial charge in [-0.15, -0.1) is 0 Å². The minimum absolute atomic E-state index is 0.398. The van der Waals surface area contributed by atoms with Crippen LogP contribution in [-0.4, -0.2) is 59.8 Å². The third kappa shape index (κ3) is 3.19. The van der Waals surface area contributed by atoms with Crippen LogP contribution in [0.25, 0.3) is 11.2 Å². The Labute approximate surface area is 154 Å². The van der Waals surface area contributed by atoms with Crippen molar-refractivity contribution in [2.45, 2.75) is 31.1 Å². The number of nitrogen functional groups attached to an aromatic ring is 1. The first-order valence-corrected chi connectivity index (χ1v) is 8.46. The smallest absolute Gasteiger partial charge is 0.167 e. The molecule has 3 aromatic rings. The van der Waals surface area contributed by atoms with Crippen LogP contribution in [0.1, 0.15) is 11.8 Å². The molecule has 1 fully saturated rings. The molecule has 27 heavy (non-hydrogen) atoms. The highest BCUT2D eigenvalue weighted by Crippen LogP contribution is 2.32. The predicted molar refractivity (Wildman–Crippen MR) is 96.5 cm³/mol. The molecule has 0 unspecified atom stereocenters. The van der Waals surface area contributed by atoms with E-state index in [1.807, 2.05) is 24.3 Å². The Morgan fingerprint density at radius 3 is 2.59 bits per heavy atom. The van der Waals surface area contributed by atoms with Gasteiger partial charge in [0, 0.05) is 12.2 Å². The van der Waals surface area contributed by atoms with Gasteiger partial charge in [0.1, 0.15) is 24.6 Å². The fourth-order valence-electron chi connectivity index (χ4n) is 3.10. The summed E-state index contributed by atoms with van der Waals surface area (Å²) in [7, 11) is 0. The molecule has 1 aromatic carbocycles. The number of aromatic nitrogens is 4. The normalized spacial score (nSPS) is 25.1. The summed E-state index contributed by atoms with van der Waals surface area (Å²) >= 11 is 0. The van der Waals surface area contributed by atoms with E-state index in [9.17, 15) is 15.3 Å². The molecule has 6 N–H and O–H groups in total. The molecule has 0 amide bonds. The molecule has 1 aliphatic heterocycles. The first-order valence-electron chi connectivity index (χ1n) is 8.46. The Morgan fingerprint density at radius 2 is 1.89 bits per heavy atom. The van der Waals surface area contributed by atoms with Gasteiger partial charge in [0.2, 0.25) is 0 Å². The molecule has 2 aromatic heterocycles. The van der Waals surface area contributed by atoms with E-state index in [0.717, 1.165) is 5.56 Å². The molecule has 10 nitrogen and oxygen atoms in total. The first-order chi connectivity index (χ1) is 13.1. The molecule has 0 saturated carbocycles. The average molecular weight is 372 g/mol. The number of imidazole rings is 1. The second-order valence-corrected chi connectivity index (χ2v) is 6.37. The van der Waals surface area contributed by atoms with Crippen molar-refractivity contribution in [3.05, 3.63) is 42.5 Å². The zero-order valence-corrected chi connectivity index (χ0v) is 14.3. The van der Waals surface area contributed by atoms with Crippen LogP contribution in [0.15, 0.2) is 36.9 Å². The van der Waals surface area contributed by atoms with Crippen LogP contribution in [0.3, 0.4) is 0 Å². The fourth-order valence-corrected chi connectivity index (χ4v) is 3.10. The van der Waals surface area contributed by atoms with Gasteiger partial charge in [-0.3, -0.25) is 4.57 Å². The number of anilines is 2. The SMILES string of the molecule is Nc1ccc(CNc2ncnc3c2ncn3[C@@H]2O[C@H](CO)[C@@H](O)[C@@H]2O)cc1. The molecule has 1 aliphatic rings. The van der Waals surface area contributed by atoms with Crippen LogP contribution in [0.5, 0.6) is 0 Å². The summed E-state index contributed by atoms with van der Waals surface area (Å²) in [6.45, 7) is 0.123. The van der Waals surface area contributed by atoms with Crippen LogP contribution < -0.4 is 11.1 Å². The maximum absolute atomic E-state index is 10.2. The number of ether oxygens (including phenoxy) is 1. The summed E-state index contributed by atoms with van der Waals surface area (Å²) in [5.74, 6) is 0.530. The van der Waals surface area contributed by atoms with Gasteiger partial charge in [-0.1, -0.05) is 12.1 Å². The summed E-state index contributed by atoms with van der Waals surface area (Å²) in [4.78, 5) is 12.8. The number of nitrogens with one attached hydrogen (secondary N) is 1. The zero-order valence-electron chi connectivity index (χ0n) is 14.3. The Morgan fingerprint density at radius 1 is 1.11 bits per heavy atom. The summed E-state index contributed by atoms with van der Waals surface area (Å²) in [5.41, 5.74) is 8.36. The number of benzene rings is 1. The van der Waals surface area contributed by atoms with Gasteiger partial charge in [0.15, 0.2) is 23.2 Å². The lowest BCUT2D eigenvalue weighted by atomic mass is 10.1. The summed E-state index contributed by atoms with van der Waals surface area (Å²) in [6.07, 6.45) is -1.32. The van der Waals surface area contributed by atoms with E-state index in [2.05, 4.69) is 20.3 Å². The molecule has 0 radical (unpaired) electrons. The van der Waals surface area contributed by atoms with Crippen molar-refractivity contribution in [3.63, 3.8) is 0 Å². The van der Waals surface area contributed by atoms with E-state index < -0.39 is 31.1 Å². The van der Waals surface area contributed by atoms with Gasteiger partial charge >= 0.3 is 0 Å². The van der Waals surface area contributed by atoms with E-state index in [4.69, 9.17) is 10.5 Å². The van der Waals surface area contributed by atoms with E-state index in [1.54, 1.807) is 0 Å². The van der Waals surface area contributed by atoms with E-state index in [0.29, 0.717) is 29.2 Å². The van der Waals surface area contributed by atoms with Gasteiger partial charge in [0.05, 0.1) is 12.9 Å². The molecule has 142 valence electrons. The molecule has 1 saturated heterocycles. The van der Waals surface area contributed by atoms with Gasteiger partial charge in [0.25, 0.3) is 0 Å². The lowest BCUT2D eigenvalue weighted by Crippen LogP contribution is -2.33. The second-order valence-electron chi connectivity index (χ2n) is 6.37. The number of rotatable bonds is 5. The van der Waals surface area contributed by atoms with Crippen LogP contribution in [-0.2, 0) is 11.3 Å². The Balaban J connectivity index is 1.59. The van der Waals surface area contributed by atoms with Crippen molar-refractivity contribution in [2.24, 2.45) is 0 Å². The molecule has 4 rings (SSSR count). The van der Waals surface area contributed by atoms with Gasteiger partial charge in [-0.2, -0.15) is 0 Å². The number of aliphatic hydroxyl groups is 3. The summed E-state index contributed by atoms with van der Waals surface area (Å²) in [5, 5.41) is 32.7. The van der Waals surface area contributed by atoms with Crippen molar-refractivity contribution in [3.8, 4) is 0 Å². The molecular formula is C17H20N6O4. The maximum Gasteiger partial charge on any atom is 0.167 e. The molecule has 3 heterocycles. The second kappa shape index (κ2) is 7.08. The van der Waals surface area contributed by atoms with Crippen LogP contribution in [0.4, 0.5) is 11.5 Å². The average Bonchev–Trinajstić information content (AvgIpc) is 3.23. The van der Waals surface area contributed by atoms with Crippen molar-refractivity contribution in [2.75, 3.05) is 17.7 Å². The third-order valence-electron chi connectivity index (χ3n) is 4.59. The highest BCUT2D eigenvalue weighted by Gasteiger charge is 2.44. The van der Waals surface area contributed by atoms with Crippen LogP contribution in [0, 0.1) is 0 Å². The van der Waals surface area contributed by atoms with E-state index in [-0.39, 0.29) is 0 Å². The number of hydrogen-bond donors (Lipinski definition) is 5. The fraction of sp³-hybridized carbons (Fsp3) is 0.353. The number of nitrogens with zero attached hydrogens (tertiary/aromatic N) is 4. The van der Waals surface area contributed by atoms with Crippen molar-refractivity contribution in [1.82, 2.24) is 19.5 Å². The van der Waals surface area contributed by atoms with Crippen molar-refractivity contribution >= 4 is 22.7 Å². The quantitative estimate of drug-likeness (QED) is 0.378. The van der Waals surface area contributed by atoms with Gasteiger partial charge < -0.3 is 31.1 Å². The highest BCUT2D eigenvalue weighted by atomic mass is 16.6. The number of fused-ring (bicyclic) bond motifs is 1. The lowest BCUT2D eigenvalue weighted by Gasteiger charge is -2.16. The third-order valence-corrected chi connectivity index (χ3v) is 4.59. The minimum Gasteiger partial charge on any atom is -0.399 e. The molecule has 4 atom stereocenters.